The van der Waals surface area contributed by atoms with Crippen molar-refractivity contribution in [2.45, 2.75) is 25.2 Å². The van der Waals surface area contributed by atoms with Gasteiger partial charge in [0.1, 0.15) is 0 Å². The lowest BCUT2D eigenvalue weighted by molar-refractivity contribution is 0.102. The fourth-order valence-corrected chi connectivity index (χ4v) is 4.05. The van der Waals surface area contributed by atoms with Gasteiger partial charge in [-0.1, -0.05) is 48.4 Å². The maximum Gasteiger partial charge on any atom is 0.261 e. The molecule has 3 rings (SSSR count). The molecule has 150 valence electrons. The van der Waals surface area contributed by atoms with E-state index in [1.807, 2.05) is 31.2 Å². The van der Waals surface area contributed by atoms with Gasteiger partial charge in [-0.25, -0.2) is 8.42 Å². The minimum Gasteiger partial charge on any atom is -0.322 e. The quantitative estimate of drug-likeness (QED) is 0.562. The molecule has 0 fully saturated rings. The van der Waals surface area contributed by atoms with Gasteiger partial charge in [-0.2, -0.15) is 0 Å². The number of amides is 1. The van der Waals surface area contributed by atoms with Gasteiger partial charge in [0.05, 0.1) is 15.6 Å². The zero-order chi connectivity index (χ0) is 21.0. The number of nitrogens with one attached hydrogen (secondary N) is 2. The topological polar surface area (TPSA) is 75.3 Å². The minimum atomic E-state index is -3.78. The number of hydrogen-bond donors (Lipinski definition) is 2. The van der Waals surface area contributed by atoms with Crippen molar-refractivity contribution in [2.24, 2.45) is 0 Å². The summed E-state index contributed by atoms with van der Waals surface area (Å²) in [5.74, 6) is -0.330. The predicted molar refractivity (Wildman–Crippen MR) is 117 cm³/mol. The Kier molecular flexibility index (Phi) is 6.25. The maximum atomic E-state index is 12.5. The van der Waals surface area contributed by atoms with Gasteiger partial charge in [-0.15, -0.1) is 0 Å². The molecule has 29 heavy (non-hydrogen) atoms. The standard InChI is InChI=1S/C22H21ClN2O3S/c1-3-16-6-9-18(10-7-16)24-22(26)17-8-13-21(20(23)14-17)25-29(27,28)19-11-4-15(2)5-12-19/h4-14,25H,3H2,1-2H3,(H,24,26). The van der Waals surface area contributed by atoms with Crippen LogP contribution in [-0.4, -0.2) is 14.3 Å². The van der Waals surface area contributed by atoms with Gasteiger partial charge < -0.3 is 5.32 Å². The molecular weight excluding hydrogens is 408 g/mol. The van der Waals surface area contributed by atoms with Crippen LogP contribution in [0, 0.1) is 6.92 Å². The summed E-state index contributed by atoms with van der Waals surface area (Å²) in [6.07, 6.45) is 0.920. The number of carbonyl (C=O) groups excluding carboxylic acids is 1. The number of carbonyl (C=O) groups is 1. The molecular formula is C22H21ClN2O3S. The molecule has 0 aliphatic carbocycles. The van der Waals surface area contributed by atoms with Crippen LogP contribution in [0.4, 0.5) is 11.4 Å². The second kappa shape index (κ2) is 8.68. The lowest BCUT2D eigenvalue weighted by atomic mass is 10.1. The van der Waals surface area contributed by atoms with Crippen LogP contribution in [0.2, 0.25) is 5.02 Å². The normalized spacial score (nSPS) is 11.1. The van der Waals surface area contributed by atoms with Crippen LogP contribution >= 0.6 is 11.6 Å². The second-order valence-corrected chi connectivity index (χ2v) is 8.71. The van der Waals surface area contributed by atoms with E-state index in [9.17, 15) is 13.2 Å². The Morgan fingerprint density at radius 3 is 2.21 bits per heavy atom. The number of aryl methyl sites for hydroxylation is 2. The first-order chi connectivity index (χ1) is 13.8. The van der Waals surface area contributed by atoms with Crippen molar-refractivity contribution in [1.29, 1.82) is 0 Å². The molecule has 0 aliphatic heterocycles. The molecule has 0 bridgehead atoms. The van der Waals surface area contributed by atoms with E-state index >= 15 is 0 Å². The zero-order valence-corrected chi connectivity index (χ0v) is 17.6. The molecule has 1 amide bonds. The summed E-state index contributed by atoms with van der Waals surface area (Å²) < 4.78 is 27.5. The molecule has 0 aromatic heterocycles. The van der Waals surface area contributed by atoms with Gasteiger partial charge >= 0.3 is 0 Å². The number of benzene rings is 3. The van der Waals surface area contributed by atoms with Crippen molar-refractivity contribution in [1.82, 2.24) is 0 Å². The highest BCUT2D eigenvalue weighted by molar-refractivity contribution is 7.92. The average molecular weight is 429 g/mol. The Hall–Kier alpha value is -2.83. The number of halogens is 1. The van der Waals surface area contributed by atoms with Crippen molar-refractivity contribution < 1.29 is 13.2 Å². The largest absolute Gasteiger partial charge is 0.322 e. The van der Waals surface area contributed by atoms with E-state index in [2.05, 4.69) is 17.0 Å². The SMILES string of the molecule is CCc1ccc(NC(=O)c2ccc(NS(=O)(=O)c3ccc(C)cc3)c(Cl)c2)cc1. The molecule has 0 aliphatic rings. The molecule has 3 aromatic rings. The molecule has 0 unspecified atom stereocenters. The first kappa shape index (κ1) is 20.9. The van der Waals surface area contributed by atoms with E-state index in [1.165, 1.54) is 35.9 Å². The fourth-order valence-electron chi connectivity index (χ4n) is 2.69. The van der Waals surface area contributed by atoms with Crippen molar-refractivity contribution in [3.63, 3.8) is 0 Å². The fraction of sp³-hybridized carbons (Fsp3) is 0.136. The summed E-state index contributed by atoms with van der Waals surface area (Å²) in [6, 6.07) is 18.5. The Labute approximate surface area is 175 Å². The Bertz CT molecular complexity index is 1130. The third-order valence-electron chi connectivity index (χ3n) is 4.43. The summed E-state index contributed by atoms with van der Waals surface area (Å²) in [4.78, 5) is 12.6. The van der Waals surface area contributed by atoms with Crippen LogP contribution in [0.3, 0.4) is 0 Å². The van der Waals surface area contributed by atoms with Crippen LogP contribution < -0.4 is 10.0 Å². The monoisotopic (exact) mass is 428 g/mol. The van der Waals surface area contributed by atoms with E-state index in [0.717, 1.165) is 12.0 Å². The molecule has 0 saturated heterocycles. The summed E-state index contributed by atoms with van der Waals surface area (Å²) in [5.41, 5.74) is 3.34. The highest BCUT2D eigenvalue weighted by atomic mass is 35.5. The van der Waals surface area contributed by atoms with Gasteiger partial charge in [-0.05, 0) is 61.4 Å². The van der Waals surface area contributed by atoms with E-state index in [-0.39, 0.29) is 21.5 Å². The first-order valence-electron chi connectivity index (χ1n) is 9.08. The zero-order valence-electron chi connectivity index (χ0n) is 16.1. The lowest BCUT2D eigenvalue weighted by Gasteiger charge is -2.11. The summed E-state index contributed by atoms with van der Waals surface area (Å²) >= 11 is 6.23. The first-order valence-corrected chi connectivity index (χ1v) is 10.9. The van der Waals surface area contributed by atoms with Crippen LogP contribution in [0.5, 0.6) is 0 Å². The van der Waals surface area contributed by atoms with Crippen LogP contribution in [-0.2, 0) is 16.4 Å². The maximum absolute atomic E-state index is 12.5. The smallest absolute Gasteiger partial charge is 0.261 e. The third kappa shape index (κ3) is 5.16. The van der Waals surface area contributed by atoms with Gasteiger partial charge in [0.2, 0.25) is 0 Å². The van der Waals surface area contributed by atoms with E-state index in [0.29, 0.717) is 11.3 Å². The highest BCUT2D eigenvalue weighted by Gasteiger charge is 2.17. The summed E-state index contributed by atoms with van der Waals surface area (Å²) in [5, 5.41) is 2.93. The summed E-state index contributed by atoms with van der Waals surface area (Å²) in [7, 11) is -3.78. The molecule has 0 radical (unpaired) electrons. The predicted octanol–water partition coefficient (Wildman–Crippen LogP) is 5.26. The van der Waals surface area contributed by atoms with Crippen molar-refractivity contribution in [2.75, 3.05) is 10.0 Å². The van der Waals surface area contributed by atoms with Crippen molar-refractivity contribution in [3.8, 4) is 0 Å². The molecule has 2 N–H and O–H groups in total. The molecule has 0 spiro atoms. The second-order valence-electron chi connectivity index (χ2n) is 6.62. The van der Waals surface area contributed by atoms with Crippen LogP contribution in [0.1, 0.15) is 28.4 Å². The van der Waals surface area contributed by atoms with E-state index in [1.54, 1.807) is 12.1 Å². The number of rotatable bonds is 6. The molecule has 5 nitrogen and oxygen atoms in total. The number of anilines is 2. The third-order valence-corrected chi connectivity index (χ3v) is 6.12. The van der Waals surface area contributed by atoms with Gasteiger partial charge in [0, 0.05) is 11.3 Å². The molecule has 0 saturated carbocycles. The van der Waals surface area contributed by atoms with Crippen LogP contribution in [0.15, 0.2) is 71.6 Å². The van der Waals surface area contributed by atoms with Gasteiger partial charge in [-0.3, -0.25) is 9.52 Å². The molecule has 3 aromatic carbocycles. The van der Waals surface area contributed by atoms with E-state index < -0.39 is 10.0 Å². The average Bonchev–Trinajstić information content (AvgIpc) is 2.70. The number of hydrogen-bond acceptors (Lipinski definition) is 3. The van der Waals surface area contributed by atoms with Crippen molar-refractivity contribution in [3.05, 3.63) is 88.4 Å². The molecule has 0 heterocycles. The van der Waals surface area contributed by atoms with Gasteiger partial charge in [0.25, 0.3) is 15.9 Å². The molecule has 0 atom stereocenters. The Balaban J connectivity index is 1.75. The highest BCUT2D eigenvalue weighted by Crippen LogP contribution is 2.26. The van der Waals surface area contributed by atoms with E-state index in [4.69, 9.17) is 11.6 Å². The Morgan fingerprint density at radius 1 is 0.966 bits per heavy atom. The van der Waals surface area contributed by atoms with Crippen LogP contribution in [0.25, 0.3) is 0 Å². The Morgan fingerprint density at radius 2 is 1.62 bits per heavy atom. The van der Waals surface area contributed by atoms with Crippen molar-refractivity contribution >= 4 is 38.9 Å². The summed E-state index contributed by atoms with van der Waals surface area (Å²) in [6.45, 7) is 3.94. The van der Waals surface area contributed by atoms with Gasteiger partial charge in [0.15, 0.2) is 0 Å². The number of sulfonamides is 1. The molecule has 7 heteroatoms. The minimum absolute atomic E-state index is 0.134. The lowest BCUT2D eigenvalue weighted by Crippen LogP contribution is -2.15.